The standard InChI is InChI=1S/C16H9ClF2N2O2/c17-8-1-3-10-14(5-8)20-7-11(15(10)22)16(23)21-13-4-2-9(18)6-12(13)19/h1-7H,(H,20,22)(H,21,23). The van der Waals surface area contributed by atoms with Crippen LogP contribution in [0.15, 0.2) is 47.4 Å². The summed E-state index contributed by atoms with van der Waals surface area (Å²) in [6.07, 6.45) is 1.22. The molecule has 0 aliphatic rings. The number of anilines is 1. The molecule has 0 radical (unpaired) electrons. The van der Waals surface area contributed by atoms with Gasteiger partial charge in [0.1, 0.15) is 17.2 Å². The number of rotatable bonds is 2. The van der Waals surface area contributed by atoms with Gasteiger partial charge in [-0.15, -0.1) is 0 Å². The minimum Gasteiger partial charge on any atom is -0.360 e. The second-order valence-electron chi connectivity index (χ2n) is 4.80. The van der Waals surface area contributed by atoms with E-state index in [1.807, 2.05) is 0 Å². The summed E-state index contributed by atoms with van der Waals surface area (Å²) < 4.78 is 26.4. The number of carbonyl (C=O) groups excluding carboxylic acids is 1. The van der Waals surface area contributed by atoms with Gasteiger partial charge in [0.05, 0.1) is 11.2 Å². The Bertz CT molecular complexity index is 985. The first kappa shape index (κ1) is 15.2. The van der Waals surface area contributed by atoms with Crippen LogP contribution in [0.5, 0.6) is 0 Å². The van der Waals surface area contributed by atoms with Crippen LogP contribution in [-0.4, -0.2) is 10.9 Å². The van der Waals surface area contributed by atoms with Gasteiger partial charge in [-0.05, 0) is 30.3 Å². The van der Waals surface area contributed by atoms with Crippen molar-refractivity contribution in [2.75, 3.05) is 5.32 Å². The van der Waals surface area contributed by atoms with Gasteiger partial charge in [-0.3, -0.25) is 9.59 Å². The van der Waals surface area contributed by atoms with Gasteiger partial charge in [0.2, 0.25) is 5.43 Å². The Morgan fingerprint density at radius 3 is 2.65 bits per heavy atom. The molecule has 7 heteroatoms. The molecule has 1 aromatic heterocycles. The van der Waals surface area contributed by atoms with Crippen molar-refractivity contribution < 1.29 is 13.6 Å². The summed E-state index contributed by atoms with van der Waals surface area (Å²) in [6.45, 7) is 0. The molecule has 3 rings (SSSR count). The van der Waals surface area contributed by atoms with Crippen LogP contribution < -0.4 is 10.7 Å². The highest BCUT2D eigenvalue weighted by molar-refractivity contribution is 6.31. The largest absolute Gasteiger partial charge is 0.360 e. The Morgan fingerprint density at radius 2 is 1.91 bits per heavy atom. The number of amides is 1. The maximum absolute atomic E-state index is 13.6. The third kappa shape index (κ3) is 2.93. The lowest BCUT2D eigenvalue weighted by Crippen LogP contribution is -2.22. The number of aromatic nitrogens is 1. The number of fused-ring (bicyclic) bond motifs is 1. The van der Waals surface area contributed by atoms with E-state index >= 15 is 0 Å². The summed E-state index contributed by atoms with van der Waals surface area (Å²) in [4.78, 5) is 27.3. The van der Waals surface area contributed by atoms with Crippen molar-refractivity contribution >= 4 is 34.1 Å². The highest BCUT2D eigenvalue weighted by atomic mass is 35.5. The molecule has 0 saturated carbocycles. The molecule has 0 unspecified atom stereocenters. The molecule has 0 saturated heterocycles. The zero-order chi connectivity index (χ0) is 16.6. The lowest BCUT2D eigenvalue weighted by Gasteiger charge is -2.07. The van der Waals surface area contributed by atoms with Gasteiger partial charge >= 0.3 is 0 Å². The van der Waals surface area contributed by atoms with Crippen LogP contribution in [0.2, 0.25) is 5.02 Å². The van der Waals surface area contributed by atoms with Gasteiger partial charge in [-0.2, -0.15) is 0 Å². The molecule has 0 aliphatic heterocycles. The van der Waals surface area contributed by atoms with Crippen LogP contribution in [0, 0.1) is 11.6 Å². The number of halogens is 3. The van der Waals surface area contributed by atoms with Gasteiger partial charge in [-0.25, -0.2) is 8.78 Å². The normalized spacial score (nSPS) is 10.7. The second-order valence-corrected chi connectivity index (χ2v) is 5.24. The van der Waals surface area contributed by atoms with E-state index in [1.165, 1.54) is 18.3 Å². The van der Waals surface area contributed by atoms with Gasteiger partial charge in [0.25, 0.3) is 5.91 Å². The molecular formula is C16H9ClF2N2O2. The molecule has 0 aliphatic carbocycles. The third-order valence-electron chi connectivity index (χ3n) is 3.27. The van der Waals surface area contributed by atoms with Crippen LogP contribution in [-0.2, 0) is 0 Å². The van der Waals surface area contributed by atoms with E-state index in [2.05, 4.69) is 10.3 Å². The van der Waals surface area contributed by atoms with E-state index in [-0.39, 0.29) is 16.6 Å². The Morgan fingerprint density at radius 1 is 1.13 bits per heavy atom. The Labute approximate surface area is 133 Å². The molecule has 2 N–H and O–H groups in total. The topological polar surface area (TPSA) is 62.0 Å². The Hall–Kier alpha value is -2.73. The molecule has 3 aromatic rings. The Balaban J connectivity index is 1.99. The minimum atomic E-state index is -0.928. The SMILES string of the molecule is O=C(Nc1ccc(F)cc1F)c1c[nH]c2cc(Cl)ccc2c1=O. The number of pyridine rings is 1. The van der Waals surface area contributed by atoms with Crippen LogP contribution in [0.25, 0.3) is 10.9 Å². The highest BCUT2D eigenvalue weighted by Gasteiger charge is 2.15. The fraction of sp³-hybridized carbons (Fsp3) is 0. The summed E-state index contributed by atoms with van der Waals surface area (Å²) in [6, 6.07) is 7.30. The van der Waals surface area contributed by atoms with Crippen LogP contribution in [0.3, 0.4) is 0 Å². The molecule has 0 atom stereocenters. The average molecular weight is 335 g/mol. The molecule has 2 aromatic carbocycles. The summed E-state index contributed by atoms with van der Waals surface area (Å²) in [5.74, 6) is -2.49. The number of hydrogen-bond acceptors (Lipinski definition) is 2. The maximum Gasteiger partial charge on any atom is 0.261 e. The monoisotopic (exact) mass is 334 g/mol. The van der Waals surface area contributed by atoms with E-state index in [4.69, 9.17) is 11.6 Å². The fourth-order valence-electron chi connectivity index (χ4n) is 2.14. The number of aromatic amines is 1. The van der Waals surface area contributed by atoms with Crippen molar-refractivity contribution in [1.82, 2.24) is 4.98 Å². The van der Waals surface area contributed by atoms with Crippen molar-refractivity contribution in [2.24, 2.45) is 0 Å². The summed E-state index contributed by atoms with van der Waals surface area (Å²) in [7, 11) is 0. The number of carbonyl (C=O) groups is 1. The predicted molar refractivity (Wildman–Crippen MR) is 83.9 cm³/mol. The molecular weight excluding hydrogens is 326 g/mol. The summed E-state index contributed by atoms with van der Waals surface area (Å²) >= 11 is 5.84. The first-order chi connectivity index (χ1) is 11.0. The van der Waals surface area contributed by atoms with E-state index in [1.54, 1.807) is 6.07 Å². The third-order valence-corrected chi connectivity index (χ3v) is 3.50. The molecule has 4 nitrogen and oxygen atoms in total. The lowest BCUT2D eigenvalue weighted by atomic mass is 10.1. The maximum atomic E-state index is 13.6. The lowest BCUT2D eigenvalue weighted by molar-refractivity contribution is 0.102. The first-order valence-corrected chi connectivity index (χ1v) is 6.91. The van der Waals surface area contributed by atoms with E-state index in [9.17, 15) is 18.4 Å². The summed E-state index contributed by atoms with van der Waals surface area (Å²) in [5, 5.41) is 2.97. The van der Waals surface area contributed by atoms with Crippen LogP contribution >= 0.6 is 11.6 Å². The zero-order valence-corrected chi connectivity index (χ0v) is 12.2. The van der Waals surface area contributed by atoms with E-state index < -0.39 is 23.0 Å². The molecule has 0 fully saturated rings. The van der Waals surface area contributed by atoms with Crippen molar-refractivity contribution in [3.05, 3.63) is 75.0 Å². The number of nitrogens with one attached hydrogen (secondary N) is 2. The van der Waals surface area contributed by atoms with Crippen LogP contribution in [0.4, 0.5) is 14.5 Å². The number of H-pyrrole nitrogens is 1. The molecule has 0 bridgehead atoms. The minimum absolute atomic E-state index is 0.191. The molecule has 1 heterocycles. The summed E-state index contributed by atoms with van der Waals surface area (Å²) in [5.41, 5.74) is -0.446. The van der Waals surface area contributed by atoms with Crippen molar-refractivity contribution in [3.63, 3.8) is 0 Å². The van der Waals surface area contributed by atoms with Crippen molar-refractivity contribution in [3.8, 4) is 0 Å². The quantitative estimate of drug-likeness (QED) is 0.750. The first-order valence-electron chi connectivity index (χ1n) is 6.53. The number of hydrogen-bond donors (Lipinski definition) is 2. The molecule has 0 spiro atoms. The second kappa shape index (κ2) is 5.81. The van der Waals surface area contributed by atoms with Crippen LogP contribution in [0.1, 0.15) is 10.4 Å². The molecule has 23 heavy (non-hydrogen) atoms. The van der Waals surface area contributed by atoms with Gasteiger partial charge in [-0.1, -0.05) is 11.6 Å². The smallest absolute Gasteiger partial charge is 0.261 e. The highest BCUT2D eigenvalue weighted by Crippen LogP contribution is 2.17. The van der Waals surface area contributed by atoms with Crippen molar-refractivity contribution in [1.29, 1.82) is 0 Å². The van der Waals surface area contributed by atoms with E-state index in [0.29, 0.717) is 16.6 Å². The molecule has 1 amide bonds. The Kier molecular flexibility index (Phi) is 3.83. The fourth-order valence-corrected chi connectivity index (χ4v) is 2.32. The number of benzene rings is 2. The predicted octanol–water partition coefficient (Wildman–Crippen LogP) is 3.71. The average Bonchev–Trinajstić information content (AvgIpc) is 2.50. The van der Waals surface area contributed by atoms with Gasteiger partial charge < -0.3 is 10.3 Å². The van der Waals surface area contributed by atoms with E-state index in [0.717, 1.165) is 12.1 Å². The molecule has 116 valence electrons. The zero-order valence-electron chi connectivity index (χ0n) is 11.5. The van der Waals surface area contributed by atoms with Crippen molar-refractivity contribution in [2.45, 2.75) is 0 Å². The van der Waals surface area contributed by atoms with Gasteiger partial charge in [0, 0.05) is 22.7 Å². The van der Waals surface area contributed by atoms with Gasteiger partial charge in [0.15, 0.2) is 0 Å².